The summed E-state index contributed by atoms with van der Waals surface area (Å²) in [5.41, 5.74) is 2.98. The monoisotopic (exact) mass is 410 g/mol. The predicted octanol–water partition coefficient (Wildman–Crippen LogP) is 1.88. The highest BCUT2D eigenvalue weighted by atomic mass is 16.5. The molecule has 3 aromatic heterocycles. The lowest BCUT2D eigenvalue weighted by atomic mass is 10.0. The summed E-state index contributed by atoms with van der Waals surface area (Å²) < 4.78 is 2.84. The first-order chi connectivity index (χ1) is 14.7. The van der Waals surface area contributed by atoms with Gasteiger partial charge in [0.2, 0.25) is 24.3 Å². The van der Waals surface area contributed by atoms with Crippen molar-refractivity contribution < 1.29 is 15.0 Å². The van der Waals surface area contributed by atoms with Gasteiger partial charge < -0.3 is 15.3 Å². The Kier molecular flexibility index (Phi) is 5.12. The minimum Gasteiger partial charge on any atom is -0.396 e. The molecule has 0 radical (unpaired) electrons. The van der Waals surface area contributed by atoms with Gasteiger partial charge in [0.05, 0.1) is 6.20 Å². The minimum absolute atomic E-state index is 0.170. The summed E-state index contributed by atoms with van der Waals surface area (Å²) in [5, 5.41) is 27.1. The maximum absolute atomic E-state index is 9.67. The minimum atomic E-state index is 0.170. The molecule has 30 heavy (non-hydrogen) atoms. The average Bonchev–Trinajstić information content (AvgIpc) is 3.51. The molecule has 1 aliphatic carbocycles. The molecule has 1 atom stereocenters. The zero-order valence-corrected chi connectivity index (χ0v) is 17.0. The second-order valence-corrected chi connectivity index (χ2v) is 8.26. The predicted molar refractivity (Wildman–Crippen MR) is 111 cm³/mol. The van der Waals surface area contributed by atoms with Crippen LogP contribution in [0.2, 0.25) is 0 Å². The summed E-state index contributed by atoms with van der Waals surface area (Å²) in [6, 6.07) is 4.00. The van der Waals surface area contributed by atoms with E-state index in [4.69, 9.17) is 9.97 Å². The Morgan fingerprint density at radius 1 is 1.20 bits per heavy atom. The molecule has 1 saturated heterocycles. The number of anilines is 2. The third-order valence-corrected chi connectivity index (χ3v) is 6.04. The normalized spacial score (nSPS) is 19.4. The smallest absolute Gasteiger partial charge is 0.230 e. The summed E-state index contributed by atoms with van der Waals surface area (Å²) in [5.74, 6) is 1.88. The van der Waals surface area contributed by atoms with Crippen LogP contribution in [-0.4, -0.2) is 49.1 Å². The summed E-state index contributed by atoms with van der Waals surface area (Å²) in [6.45, 7) is 1.58. The zero-order chi connectivity index (χ0) is 20.5. The SMILES string of the molecule is OCC[C@@H]1CCCCN1c1nc(NCc2ccc[n+](O)c2)n2ncc(C3CC3)c2n1. The second-order valence-electron chi connectivity index (χ2n) is 8.26. The van der Waals surface area contributed by atoms with Crippen molar-refractivity contribution in [2.45, 2.75) is 57.0 Å². The molecule has 3 N–H and O–H groups in total. The molecule has 0 aromatic carbocycles. The van der Waals surface area contributed by atoms with E-state index in [1.807, 2.05) is 12.3 Å². The molecule has 0 amide bonds. The van der Waals surface area contributed by atoms with E-state index in [0.29, 0.717) is 24.4 Å². The van der Waals surface area contributed by atoms with E-state index in [1.54, 1.807) is 23.0 Å². The summed E-state index contributed by atoms with van der Waals surface area (Å²) in [6.07, 6.45) is 11.6. The van der Waals surface area contributed by atoms with Crippen LogP contribution in [0.25, 0.3) is 5.65 Å². The van der Waals surface area contributed by atoms with Gasteiger partial charge in [-0.2, -0.15) is 19.6 Å². The number of nitrogens with one attached hydrogen (secondary N) is 1. The number of aromatic nitrogens is 5. The molecule has 0 spiro atoms. The summed E-state index contributed by atoms with van der Waals surface area (Å²) in [7, 11) is 0. The molecular weight excluding hydrogens is 382 g/mol. The first-order valence-electron chi connectivity index (χ1n) is 10.8. The van der Waals surface area contributed by atoms with Crippen molar-refractivity contribution in [3.63, 3.8) is 0 Å². The average molecular weight is 411 g/mol. The zero-order valence-electron chi connectivity index (χ0n) is 17.0. The highest BCUT2D eigenvalue weighted by Gasteiger charge is 2.30. The van der Waals surface area contributed by atoms with Crippen LogP contribution >= 0.6 is 0 Å². The molecule has 1 saturated carbocycles. The number of hydrogen-bond acceptors (Lipinski definition) is 7. The third-order valence-electron chi connectivity index (χ3n) is 6.04. The molecule has 9 nitrogen and oxygen atoms in total. The van der Waals surface area contributed by atoms with Crippen LogP contribution < -0.4 is 14.9 Å². The molecule has 158 valence electrons. The largest absolute Gasteiger partial charge is 0.396 e. The van der Waals surface area contributed by atoms with Crippen molar-refractivity contribution in [3.8, 4) is 0 Å². The Labute approximate surface area is 175 Å². The lowest BCUT2D eigenvalue weighted by Crippen LogP contribution is -2.41. The number of pyridine rings is 1. The van der Waals surface area contributed by atoms with Crippen molar-refractivity contribution >= 4 is 17.5 Å². The number of fused-ring (bicyclic) bond motifs is 1. The van der Waals surface area contributed by atoms with Crippen molar-refractivity contribution in [1.82, 2.24) is 19.6 Å². The van der Waals surface area contributed by atoms with E-state index >= 15 is 0 Å². The van der Waals surface area contributed by atoms with E-state index in [1.165, 1.54) is 24.8 Å². The topological polar surface area (TPSA) is 103 Å². The molecule has 2 fully saturated rings. The maximum atomic E-state index is 9.67. The number of rotatable bonds is 7. The van der Waals surface area contributed by atoms with E-state index in [0.717, 1.165) is 41.7 Å². The maximum Gasteiger partial charge on any atom is 0.230 e. The van der Waals surface area contributed by atoms with Gasteiger partial charge in [-0.3, -0.25) is 5.21 Å². The van der Waals surface area contributed by atoms with Crippen molar-refractivity contribution in [2.75, 3.05) is 23.4 Å². The van der Waals surface area contributed by atoms with E-state index < -0.39 is 0 Å². The van der Waals surface area contributed by atoms with Crippen molar-refractivity contribution in [2.24, 2.45) is 0 Å². The molecular formula is C21H28N7O2+. The van der Waals surface area contributed by atoms with Crippen LogP contribution in [0, 0.1) is 0 Å². The number of aliphatic hydroxyl groups is 1. The molecule has 3 aromatic rings. The van der Waals surface area contributed by atoms with Crippen LogP contribution in [0.5, 0.6) is 0 Å². The van der Waals surface area contributed by atoms with Crippen LogP contribution in [0.3, 0.4) is 0 Å². The lowest BCUT2D eigenvalue weighted by Gasteiger charge is -2.35. The highest BCUT2D eigenvalue weighted by Crippen LogP contribution is 2.42. The Morgan fingerprint density at radius 2 is 2.10 bits per heavy atom. The van der Waals surface area contributed by atoms with Gasteiger partial charge in [0.25, 0.3) is 0 Å². The van der Waals surface area contributed by atoms with Gasteiger partial charge in [-0.1, -0.05) is 0 Å². The Morgan fingerprint density at radius 3 is 2.90 bits per heavy atom. The third kappa shape index (κ3) is 3.77. The molecule has 9 heteroatoms. The Bertz CT molecular complexity index is 1030. The van der Waals surface area contributed by atoms with Gasteiger partial charge in [0.1, 0.15) is 0 Å². The van der Waals surface area contributed by atoms with Crippen LogP contribution in [0.1, 0.15) is 55.6 Å². The number of hydrogen-bond donors (Lipinski definition) is 3. The second kappa shape index (κ2) is 8.06. The Balaban J connectivity index is 1.51. The van der Waals surface area contributed by atoms with Crippen molar-refractivity contribution in [1.29, 1.82) is 0 Å². The molecule has 0 bridgehead atoms. The van der Waals surface area contributed by atoms with Gasteiger partial charge in [-0.05, 0) is 50.5 Å². The summed E-state index contributed by atoms with van der Waals surface area (Å²) in [4.78, 5) is 12.0. The number of aliphatic hydroxyl groups excluding tert-OH is 1. The fourth-order valence-electron chi connectivity index (χ4n) is 4.32. The van der Waals surface area contributed by atoms with Crippen LogP contribution in [0.15, 0.2) is 30.7 Å². The summed E-state index contributed by atoms with van der Waals surface area (Å²) >= 11 is 0. The fourth-order valence-corrected chi connectivity index (χ4v) is 4.32. The van der Waals surface area contributed by atoms with Gasteiger partial charge in [-0.25, -0.2) is 0 Å². The first-order valence-corrected chi connectivity index (χ1v) is 10.8. The first kappa shape index (κ1) is 19.0. The van der Waals surface area contributed by atoms with Gasteiger partial charge in [0.15, 0.2) is 5.65 Å². The quantitative estimate of drug-likeness (QED) is 0.404. The molecule has 5 rings (SSSR count). The van der Waals surface area contributed by atoms with Crippen LogP contribution in [0.4, 0.5) is 11.9 Å². The standard InChI is InChI=1S/C21H28N7O2/c29-11-8-17-5-1-2-10-27(17)21-24-19-18(16-6-7-16)13-23-28(19)20(25-21)22-12-15-4-3-9-26(30)14-15/h3-4,9,13-14,16-17,29-30H,1-2,5-8,10-12H2,(H,22,24,25)/q+1/t17-/m0/s1. The van der Waals surface area contributed by atoms with Gasteiger partial charge >= 0.3 is 0 Å². The molecule has 1 aliphatic heterocycles. The number of nitrogens with zero attached hydrogens (tertiary/aromatic N) is 6. The fraction of sp³-hybridized carbons (Fsp3) is 0.524. The van der Waals surface area contributed by atoms with E-state index in [-0.39, 0.29) is 12.6 Å². The molecule has 2 aliphatic rings. The van der Waals surface area contributed by atoms with Gasteiger partial charge in [-0.15, -0.1) is 0 Å². The van der Waals surface area contributed by atoms with Crippen molar-refractivity contribution in [3.05, 3.63) is 41.9 Å². The molecule has 0 unspecified atom stereocenters. The molecule has 4 heterocycles. The van der Waals surface area contributed by atoms with Gasteiger partial charge in [0, 0.05) is 47.7 Å². The Hall–Kier alpha value is -2.94. The lowest BCUT2D eigenvalue weighted by molar-refractivity contribution is -0.905. The highest BCUT2D eigenvalue weighted by molar-refractivity contribution is 5.57. The van der Waals surface area contributed by atoms with Crippen LogP contribution in [-0.2, 0) is 6.54 Å². The van der Waals surface area contributed by atoms with E-state index in [9.17, 15) is 10.3 Å². The van der Waals surface area contributed by atoms with E-state index in [2.05, 4.69) is 15.3 Å². The number of piperidine rings is 1.